The van der Waals surface area contributed by atoms with Gasteiger partial charge < -0.3 is 5.11 Å². The summed E-state index contributed by atoms with van der Waals surface area (Å²) >= 11 is -1.88. The van der Waals surface area contributed by atoms with Crippen molar-refractivity contribution in [2.75, 3.05) is 23.9 Å². The number of phenols is 1. The van der Waals surface area contributed by atoms with Crippen LogP contribution in [0.1, 0.15) is 19.4 Å². The van der Waals surface area contributed by atoms with Gasteiger partial charge in [-0.2, -0.15) is 0 Å². The first-order valence-corrected chi connectivity index (χ1v) is 8.43. The minimum absolute atomic E-state index is 0.205. The summed E-state index contributed by atoms with van der Waals surface area (Å²) in [7, 11) is 0. The molecule has 1 unspecified atom stereocenters. The van der Waals surface area contributed by atoms with Crippen molar-refractivity contribution in [2.24, 2.45) is 0 Å². The molecule has 8 heteroatoms. The van der Waals surface area contributed by atoms with Gasteiger partial charge in [-0.05, 0) is 31.6 Å². The van der Waals surface area contributed by atoms with E-state index in [4.69, 9.17) is 0 Å². The van der Waals surface area contributed by atoms with Gasteiger partial charge in [0.15, 0.2) is 5.82 Å². The lowest BCUT2D eigenvalue weighted by Gasteiger charge is -2.21. The Morgan fingerprint density at radius 3 is 2.65 bits per heavy atom. The highest BCUT2D eigenvalue weighted by Gasteiger charge is 2.33. The van der Waals surface area contributed by atoms with Crippen molar-refractivity contribution < 1.29 is 18.5 Å². The summed E-state index contributed by atoms with van der Waals surface area (Å²) in [6.45, 7) is 5.23. The van der Waals surface area contributed by atoms with Crippen LogP contribution < -0.4 is 9.03 Å². The summed E-state index contributed by atoms with van der Waals surface area (Å²) in [5, 5.41) is 9.98. The maximum atomic E-state index is 14.9. The van der Waals surface area contributed by atoms with E-state index in [1.807, 2.05) is 6.08 Å². The SMILES string of the molecule is CC(C)N1CC=C(c2ccc(O)c(N3CC(=O)NS3=O)c2F)C1. The second-order valence-corrected chi connectivity index (χ2v) is 7.00. The van der Waals surface area contributed by atoms with Gasteiger partial charge >= 0.3 is 0 Å². The molecule has 23 heavy (non-hydrogen) atoms. The zero-order valence-electron chi connectivity index (χ0n) is 12.9. The molecule has 0 spiro atoms. The van der Waals surface area contributed by atoms with Crippen molar-refractivity contribution >= 4 is 28.3 Å². The molecule has 2 N–H and O–H groups in total. The van der Waals surface area contributed by atoms with Crippen LogP contribution in [0.2, 0.25) is 0 Å². The highest BCUT2D eigenvalue weighted by molar-refractivity contribution is 7.85. The fraction of sp³-hybridized carbons (Fsp3) is 0.400. The van der Waals surface area contributed by atoms with Crippen molar-refractivity contribution in [3.05, 3.63) is 29.6 Å². The first kappa shape index (κ1) is 15.9. The van der Waals surface area contributed by atoms with Crippen LogP contribution in [-0.2, 0) is 16.0 Å². The molecule has 2 aliphatic heterocycles. The third kappa shape index (κ3) is 2.84. The first-order valence-electron chi connectivity index (χ1n) is 7.32. The second-order valence-electron chi connectivity index (χ2n) is 5.86. The fourth-order valence-corrected chi connectivity index (χ4v) is 3.68. The Bertz CT molecular complexity index is 720. The minimum atomic E-state index is -1.88. The van der Waals surface area contributed by atoms with E-state index in [2.05, 4.69) is 23.5 Å². The van der Waals surface area contributed by atoms with Gasteiger partial charge in [-0.15, -0.1) is 0 Å². The van der Waals surface area contributed by atoms with Crippen molar-refractivity contribution in [1.29, 1.82) is 0 Å². The van der Waals surface area contributed by atoms with Crippen LogP contribution in [-0.4, -0.2) is 45.8 Å². The number of carbonyl (C=O) groups is 1. The van der Waals surface area contributed by atoms with Gasteiger partial charge in [-0.25, -0.2) is 8.60 Å². The number of nitrogens with zero attached hydrogens (tertiary/aromatic N) is 2. The number of phenolic OH excluding ortho intramolecular Hbond substituents is 1. The summed E-state index contributed by atoms with van der Waals surface area (Å²) in [5.41, 5.74) is 0.974. The van der Waals surface area contributed by atoms with Gasteiger partial charge in [0.25, 0.3) is 5.91 Å². The van der Waals surface area contributed by atoms with E-state index in [0.717, 1.165) is 16.4 Å². The number of rotatable bonds is 3. The molecule has 1 aromatic carbocycles. The Hall–Kier alpha value is -1.93. The number of halogens is 1. The van der Waals surface area contributed by atoms with Crippen LogP contribution >= 0.6 is 0 Å². The molecule has 0 aromatic heterocycles. The summed E-state index contributed by atoms with van der Waals surface area (Å²) < 4.78 is 30.0. The van der Waals surface area contributed by atoms with E-state index in [-0.39, 0.29) is 18.0 Å². The molecule has 0 aliphatic carbocycles. The van der Waals surface area contributed by atoms with E-state index >= 15 is 0 Å². The highest BCUT2D eigenvalue weighted by atomic mass is 32.2. The number of benzene rings is 1. The van der Waals surface area contributed by atoms with Crippen molar-refractivity contribution in [1.82, 2.24) is 9.62 Å². The maximum Gasteiger partial charge on any atom is 0.253 e. The molecular weight excluding hydrogens is 321 g/mol. The van der Waals surface area contributed by atoms with E-state index < -0.39 is 22.9 Å². The average Bonchev–Trinajstić information content (AvgIpc) is 3.07. The quantitative estimate of drug-likeness (QED) is 0.867. The Morgan fingerprint density at radius 2 is 2.09 bits per heavy atom. The Kier molecular flexibility index (Phi) is 4.11. The van der Waals surface area contributed by atoms with Crippen molar-refractivity contribution in [3.8, 4) is 5.75 Å². The zero-order valence-corrected chi connectivity index (χ0v) is 13.7. The highest BCUT2D eigenvalue weighted by Crippen LogP contribution is 2.37. The maximum absolute atomic E-state index is 14.9. The minimum Gasteiger partial charge on any atom is -0.506 e. The smallest absolute Gasteiger partial charge is 0.253 e. The molecule has 1 saturated heterocycles. The van der Waals surface area contributed by atoms with Crippen LogP contribution in [0.4, 0.5) is 10.1 Å². The van der Waals surface area contributed by atoms with E-state index in [1.165, 1.54) is 12.1 Å². The van der Waals surface area contributed by atoms with Gasteiger partial charge in [-0.1, -0.05) is 6.08 Å². The average molecular weight is 339 g/mol. The largest absolute Gasteiger partial charge is 0.506 e. The molecule has 0 radical (unpaired) electrons. The molecule has 0 bridgehead atoms. The van der Waals surface area contributed by atoms with Gasteiger partial charge in [0.2, 0.25) is 11.2 Å². The number of carbonyl (C=O) groups excluding carboxylic acids is 1. The number of hydrogen-bond acceptors (Lipinski definition) is 4. The molecular formula is C15H18FN3O3S. The number of aromatic hydroxyl groups is 1. The molecule has 6 nitrogen and oxygen atoms in total. The van der Waals surface area contributed by atoms with Crippen molar-refractivity contribution in [2.45, 2.75) is 19.9 Å². The standard InChI is InChI=1S/C15H18FN3O3S/c1-9(2)18-6-5-10(7-18)11-3-4-12(20)15(14(11)16)19-8-13(21)17-23(19)22/h3-5,9,20H,6-8H2,1-2H3,(H,17,21). The molecule has 3 rings (SSSR count). The Morgan fingerprint density at radius 1 is 1.35 bits per heavy atom. The molecule has 1 atom stereocenters. The third-order valence-corrected chi connectivity index (χ3v) is 5.17. The molecule has 2 aliphatic rings. The van der Waals surface area contributed by atoms with Crippen LogP contribution in [0.5, 0.6) is 5.75 Å². The molecule has 1 amide bonds. The van der Waals surface area contributed by atoms with E-state index in [1.54, 1.807) is 0 Å². The Labute approximate surface area is 136 Å². The van der Waals surface area contributed by atoms with E-state index in [9.17, 15) is 18.5 Å². The summed E-state index contributed by atoms with van der Waals surface area (Å²) in [4.78, 5) is 13.5. The predicted molar refractivity (Wildman–Crippen MR) is 86.4 cm³/mol. The summed E-state index contributed by atoms with van der Waals surface area (Å²) in [5.74, 6) is -1.47. The summed E-state index contributed by atoms with van der Waals surface area (Å²) in [6.07, 6.45) is 1.95. The monoisotopic (exact) mass is 339 g/mol. The number of amides is 1. The van der Waals surface area contributed by atoms with Gasteiger partial charge in [-0.3, -0.25) is 18.7 Å². The zero-order chi connectivity index (χ0) is 16.7. The van der Waals surface area contributed by atoms with Crippen LogP contribution in [0.25, 0.3) is 5.57 Å². The van der Waals surface area contributed by atoms with Crippen LogP contribution in [0.3, 0.4) is 0 Å². The Balaban J connectivity index is 1.97. The lowest BCUT2D eigenvalue weighted by atomic mass is 10.0. The van der Waals surface area contributed by atoms with Crippen LogP contribution in [0, 0.1) is 5.82 Å². The van der Waals surface area contributed by atoms with Gasteiger partial charge in [0, 0.05) is 24.7 Å². The predicted octanol–water partition coefficient (Wildman–Crippen LogP) is 1.15. The number of nitrogens with one attached hydrogen (secondary N) is 1. The molecule has 2 heterocycles. The second kappa shape index (κ2) is 5.93. The normalized spacial score (nSPS) is 21.9. The van der Waals surface area contributed by atoms with Crippen molar-refractivity contribution in [3.63, 3.8) is 0 Å². The summed E-state index contributed by atoms with van der Waals surface area (Å²) in [6, 6.07) is 3.22. The number of hydrogen-bond donors (Lipinski definition) is 2. The fourth-order valence-electron chi connectivity index (χ4n) is 2.74. The van der Waals surface area contributed by atoms with Gasteiger partial charge in [0.1, 0.15) is 18.0 Å². The topological polar surface area (TPSA) is 72.9 Å². The first-order chi connectivity index (χ1) is 10.9. The third-order valence-electron chi connectivity index (χ3n) is 4.05. The molecule has 0 saturated carbocycles. The molecule has 124 valence electrons. The lowest BCUT2D eigenvalue weighted by molar-refractivity contribution is -0.117. The van der Waals surface area contributed by atoms with E-state index in [0.29, 0.717) is 18.2 Å². The molecule has 1 aromatic rings. The molecule has 1 fully saturated rings. The number of anilines is 1. The lowest BCUT2D eigenvalue weighted by Crippen LogP contribution is -2.28. The van der Waals surface area contributed by atoms with Gasteiger partial charge in [0.05, 0.1) is 0 Å². The van der Waals surface area contributed by atoms with Crippen LogP contribution in [0.15, 0.2) is 18.2 Å².